The van der Waals surface area contributed by atoms with Crippen LogP contribution < -0.4 is 5.32 Å². The van der Waals surface area contributed by atoms with Crippen LogP contribution in [0, 0.1) is 10.1 Å². The minimum absolute atomic E-state index is 0.0567. The molecule has 1 heterocycles. The van der Waals surface area contributed by atoms with Gasteiger partial charge in [-0.3, -0.25) is 14.9 Å². The van der Waals surface area contributed by atoms with Gasteiger partial charge in [-0.1, -0.05) is 11.6 Å². The molecule has 1 aromatic carbocycles. The Hall–Kier alpha value is -2.34. The molecule has 0 saturated carbocycles. The minimum atomic E-state index is -0.609. The zero-order valence-electron chi connectivity index (χ0n) is 11.2. The Bertz CT molecular complexity index is 655. The third kappa shape index (κ3) is 3.82. The fourth-order valence-electron chi connectivity index (χ4n) is 1.93. The highest BCUT2D eigenvalue weighted by Gasteiger charge is 2.21. The Morgan fingerprint density at radius 3 is 2.86 bits per heavy atom. The van der Waals surface area contributed by atoms with Crippen molar-refractivity contribution in [3.05, 3.63) is 63.1 Å². The molecule has 6 nitrogen and oxygen atoms in total. The maximum absolute atomic E-state index is 12.2. The fourth-order valence-corrected chi connectivity index (χ4v) is 2.10. The van der Waals surface area contributed by atoms with Crippen molar-refractivity contribution < 1.29 is 14.1 Å². The molecule has 2 aromatic rings. The fraction of sp³-hybridized carbons (Fsp3) is 0.214. The van der Waals surface area contributed by atoms with Gasteiger partial charge in [-0.15, -0.1) is 0 Å². The lowest BCUT2D eigenvalue weighted by molar-refractivity contribution is -0.385. The summed E-state index contributed by atoms with van der Waals surface area (Å²) < 4.78 is 5.19. The SMILES string of the molecule is CC(Cc1ccco1)NC(=O)c1cc(Cl)ccc1[N+](=O)[O-]. The number of hydrogen-bond acceptors (Lipinski definition) is 4. The van der Waals surface area contributed by atoms with Gasteiger partial charge in [-0.2, -0.15) is 0 Å². The van der Waals surface area contributed by atoms with Gasteiger partial charge >= 0.3 is 0 Å². The number of rotatable bonds is 5. The van der Waals surface area contributed by atoms with Crippen LogP contribution in [0.3, 0.4) is 0 Å². The van der Waals surface area contributed by atoms with Crippen LogP contribution in [0.25, 0.3) is 0 Å². The van der Waals surface area contributed by atoms with Gasteiger partial charge in [-0.05, 0) is 31.2 Å². The predicted octanol–water partition coefficient (Wildman–Crippen LogP) is 3.20. The number of carbonyl (C=O) groups excluding carboxylic acids is 1. The third-order valence-electron chi connectivity index (χ3n) is 2.86. The maximum Gasteiger partial charge on any atom is 0.282 e. The van der Waals surface area contributed by atoms with Gasteiger partial charge < -0.3 is 9.73 Å². The molecule has 1 unspecified atom stereocenters. The molecule has 1 atom stereocenters. The summed E-state index contributed by atoms with van der Waals surface area (Å²) in [6, 6.07) is 7.20. The summed E-state index contributed by atoms with van der Waals surface area (Å²) in [5, 5.41) is 13.9. The molecule has 0 aliphatic heterocycles. The molecule has 0 spiro atoms. The molecule has 0 fully saturated rings. The lowest BCUT2D eigenvalue weighted by Crippen LogP contribution is -2.34. The van der Waals surface area contributed by atoms with Gasteiger partial charge in [0.2, 0.25) is 0 Å². The Balaban J connectivity index is 2.12. The number of amides is 1. The van der Waals surface area contributed by atoms with E-state index in [1.54, 1.807) is 25.3 Å². The molecule has 0 bridgehead atoms. The molecule has 21 heavy (non-hydrogen) atoms. The smallest absolute Gasteiger partial charge is 0.282 e. The highest BCUT2D eigenvalue weighted by molar-refractivity contribution is 6.31. The van der Waals surface area contributed by atoms with Crippen molar-refractivity contribution in [3.8, 4) is 0 Å². The van der Waals surface area contributed by atoms with Crippen molar-refractivity contribution in [2.45, 2.75) is 19.4 Å². The molecule has 1 N–H and O–H groups in total. The van der Waals surface area contributed by atoms with E-state index in [9.17, 15) is 14.9 Å². The number of hydrogen-bond donors (Lipinski definition) is 1. The van der Waals surface area contributed by atoms with Crippen LogP contribution in [0.2, 0.25) is 5.02 Å². The number of halogens is 1. The molecule has 7 heteroatoms. The van der Waals surface area contributed by atoms with Crippen LogP contribution >= 0.6 is 11.6 Å². The first-order valence-corrected chi connectivity index (χ1v) is 6.62. The van der Waals surface area contributed by atoms with Crippen molar-refractivity contribution in [1.29, 1.82) is 0 Å². The summed E-state index contributed by atoms with van der Waals surface area (Å²) in [5.74, 6) is 0.187. The summed E-state index contributed by atoms with van der Waals surface area (Å²) in [7, 11) is 0. The molecule has 0 saturated heterocycles. The van der Waals surface area contributed by atoms with Gasteiger partial charge in [0.25, 0.3) is 11.6 Å². The number of furan rings is 1. The number of nitrogens with one attached hydrogen (secondary N) is 1. The van der Waals surface area contributed by atoms with Crippen molar-refractivity contribution >= 4 is 23.2 Å². The first-order valence-electron chi connectivity index (χ1n) is 6.24. The molecular formula is C14H13ClN2O4. The Labute approximate surface area is 125 Å². The summed E-state index contributed by atoms with van der Waals surface area (Å²) in [6.07, 6.45) is 2.04. The van der Waals surface area contributed by atoms with E-state index in [-0.39, 0.29) is 22.3 Å². The maximum atomic E-state index is 12.2. The highest BCUT2D eigenvalue weighted by atomic mass is 35.5. The van der Waals surface area contributed by atoms with Gasteiger partial charge in [-0.25, -0.2) is 0 Å². The number of nitrogens with zero attached hydrogens (tertiary/aromatic N) is 1. The lowest BCUT2D eigenvalue weighted by atomic mass is 10.1. The molecule has 1 amide bonds. The van der Waals surface area contributed by atoms with E-state index in [2.05, 4.69) is 5.32 Å². The second-order valence-corrected chi connectivity index (χ2v) is 5.01. The second-order valence-electron chi connectivity index (χ2n) is 4.58. The predicted molar refractivity (Wildman–Crippen MR) is 77.4 cm³/mol. The average Bonchev–Trinajstić information content (AvgIpc) is 2.90. The quantitative estimate of drug-likeness (QED) is 0.679. The molecule has 1 aromatic heterocycles. The molecule has 110 valence electrons. The number of nitro groups is 1. The number of carbonyl (C=O) groups is 1. The zero-order valence-corrected chi connectivity index (χ0v) is 12.0. The van der Waals surface area contributed by atoms with Crippen LogP contribution in [0.1, 0.15) is 23.0 Å². The first kappa shape index (κ1) is 15.1. The number of benzene rings is 1. The van der Waals surface area contributed by atoms with Gasteiger partial charge in [0.15, 0.2) is 0 Å². The number of nitro benzene ring substituents is 1. The van der Waals surface area contributed by atoms with Crippen molar-refractivity contribution in [2.24, 2.45) is 0 Å². The first-order chi connectivity index (χ1) is 9.97. The van der Waals surface area contributed by atoms with Crippen LogP contribution in [-0.4, -0.2) is 16.9 Å². The summed E-state index contributed by atoms with van der Waals surface area (Å²) in [4.78, 5) is 22.5. The Kier molecular flexibility index (Phi) is 4.59. The molecular weight excluding hydrogens is 296 g/mol. The van der Waals surface area contributed by atoms with Crippen molar-refractivity contribution in [3.63, 3.8) is 0 Å². The van der Waals surface area contributed by atoms with E-state index < -0.39 is 10.8 Å². The third-order valence-corrected chi connectivity index (χ3v) is 3.10. The van der Waals surface area contributed by atoms with Crippen LogP contribution in [-0.2, 0) is 6.42 Å². The highest BCUT2D eigenvalue weighted by Crippen LogP contribution is 2.22. The zero-order chi connectivity index (χ0) is 15.4. The van der Waals surface area contributed by atoms with Crippen molar-refractivity contribution in [2.75, 3.05) is 0 Å². The summed E-state index contributed by atoms with van der Waals surface area (Å²) in [6.45, 7) is 1.79. The van der Waals surface area contributed by atoms with Gasteiger partial charge in [0.1, 0.15) is 11.3 Å². The normalized spacial score (nSPS) is 11.9. The standard InChI is InChI=1S/C14H13ClN2O4/c1-9(7-11-3-2-6-21-11)16-14(18)12-8-10(15)4-5-13(12)17(19)20/h2-6,8-9H,7H2,1H3,(H,16,18). The lowest BCUT2D eigenvalue weighted by Gasteiger charge is -2.12. The van der Waals surface area contributed by atoms with Gasteiger partial charge in [0.05, 0.1) is 11.2 Å². The van der Waals surface area contributed by atoms with E-state index in [1.807, 2.05) is 0 Å². The molecule has 2 rings (SSSR count). The molecule has 0 aliphatic rings. The van der Waals surface area contributed by atoms with Crippen LogP contribution in [0.15, 0.2) is 41.0 Å². The van der Waals surface area contributed by atoms with E-state index in [0.717, 1.165) is 5.76 Å². The van der Waals surface area contributed by atoms with Crippen molar-refractivity contribution in [1.82, 2.24) is 5.32 Å². The monoisotopic (exact) mass is 308 g/mol. The van der Waals surface area contributed by atoms with E-state index in [4.69, 9.17) is 16.0 Å². The minimum Gasteiger partial charge on any atom is -0.469 e. The summed E-state index contributed by atoms with van der Waals surface area (Å²) >= 11 is 5.80. The average molecular weight is 309 g/mol. The topological polar surface area (TPSA) is 85.4 Å². The second kappa shape index (κ2) is 6.41. The van der Waals surface area contributed by atoms with E-state index in [1.165, 1.54) is 18.2 Å². The molecule has 0 aliphatic carbocycles. The largest absolute Gasteiger partial charge is 0.469 e. The molecule has 0 radical (unpaired) electrons. The van der Waals surface area contributed by atoms with Crippen LogP contribution in [0.4, 0.5) is 5.69 Å². The van der Waals surface area contributed by atoms with E-state index in [0.29, 0.717) is 6.42 Å². The summed E-state index contributed by atoms with van der Waals surface area (Å²) in [5.41, 5.74) is -0.333. The Morgan fingerprint density at radius 2 is 2.24 bits per heavy atom. The van der Waals surface area contributed by atoms with Gasteiger partial charge in [0, 0.05) is 23.6 Å². The van der Waals surface area contributed by atoms with Crippen LogP contribution in [0.5, 0.6) is 0 Å². The van der Waals surface area contributed by atoms with E-state index >= 15 is 0 Å². The Morgan fingerprint density at radius 1 is 1.48 bits per heavy atom.